The quantitative estimate of drug-likeness (QED) is 0.623. The van der Waals surface area contributed by atoms with Gasteiger partial charge < -0.3 is 15.0 Å². The van der Waals surface area contributed by atoms with Crippen molar-refractivity contribution in [3.8, 4) is 5.75 Å². The molecule has 2 aromatic rings. The van der Waals surface area contributed by atoms with Gasteiger partial charge in [0.25, 0.3) is 5.91 Å². The minimum absolute atomic E-state index is 0.222. The summed E-state index contributed by atoms with van der Waals surface area (Å²) in [6, 6.07) is 14.7. The molecule has 0 unspecified atom stereocenters. The number of carbonyl (C=O) groups excluding carboxylic acids is 1. The van der Waals surface area contributed by atoms with E-state index < -0.39 is 16.1 Å². The van der Waals surface area contributed by atoms with Crippen molar-refractivity contribution in [2.45, 2.75) is 33.4 Å². The lowest BCUT2D eigenvalue weighted by Crippen LogP contribution is -2.35. The Morgan fingerprint density at radius 3 is 2.03 bits per heavy atom. The summed E-state index contributed by atoms with van der Waals surface area (Å²) in [5.74, 6) is 0.270. The Balaban J connectivity index is 1.89. The average Bonchev–Trinajstić information content (AvgIpc) is 2.73. The molecule has 1 N–H and O–H groups in total. The number of ether oxygens (including phenoxy) is 1. The van der Waals surface area contributed by atoms with Crippen LogP contribution in [0.15, 0.2) is 48.5 Å². The molecule has 0 aliphatic carbocycles. The first-order valence-electron chi connectivity index (χ1n) is 9.98. The molecule has 2 rings (SSSR count). The Kier molecular flexibility index (Phi) is 8.11. The standard InChI is InChI=1S/C22H31N3O4S/c1-6-25(7-2)20-10-8-18(9-11-20)16-23-22(26)17(3)29-21-14-12-19(13-15-21)24(4)30(5,27)28/h8-15,17H,6-7,16H2,1-5H3,(H,23,26)/t17-/m1/s1. The molecule has 7 nitrogen and oxygen atoms in total. The van der Waals surface area contributed by atoms with Crippen LogP contribution in [0.2, 0.25) is 0 Å². The fourth-order valence-corrected chi connectivity index (χ4v) is 3.43. The number of hydrogen-bond acceptors (Lipinski definition) is 5. The number of nitrogens with one attached hydrogen (secondary N) is 1. The predicted octanol–water partition coefficient (Wildman–Crippen LogP) is 3.01. The van der Waals surface area contributed by atoms with Crippen molar-refractivity contribution < 1.29 is 17.9 Å². The van der Waals surface area contributed by atoms with Crippen LogP contribution in [-0.4, -0.2) is 46.8 Å². The molecule has 2 aromatic carbocycles. The zero-order chi connectivity index (χ0) is 22.3. The number of amides is 1. The van der Waals surface area contributed by atoms with Gasteiger partial charge in [0.05, 0.1) is 11.9 Å². The van der Waals surface area contributed by atoms with Gasteiger partial charge in [-0.15, -0.1) is 0 Å². The van der Waals surface area contributed by atoms with E-state index in [1.807, 2.05) is 12.1 Å². The molecule has 0 heterocycles. The molecule has 0 saturated heterocycles. The molecule has 30 heavy (non-hydrogen) atoms. The minimum atomic E-state index is -3.32. The van der Waals surface area contributed by atoms with Crippen molar-refractivity contribution in [1.82, 2.24) is 5.32 Å². The lowest BCUT2D eigenvalue weighted by molar-refractivity contribution is -0.127. The van der Waals surface area contributed by atoms with E-state index in [4.69, 9.17) is 4.74 Å². The topological polar surface area (TPSA) is 79.0 Å². The maximum absolute atomic E-state index is 12.4. The van der Waals surface area contributed by atoms with Gasteiger partial charge in [0.2, 0.25) is 10.0 Å². The molecule has 0 aliphatic rings. The summed E-state index contributed by atoms with van der Waals surface area (Å²) in [6.07, 6.45) is 0.458. The minimum Gasteiger partial charge on any atom is -0.481 e. The monoisotopic (exact) mass is 433 g/mol. The van der Waals surface area contributed by atoms with Crippen molar-refractivity contribution in [2.75, 3.05) is 35.6 Å². The van der Waals surface area contributed by atoms with Gasteiger partial charge in [-0.2, -0.15) is 0 Å². The van der Waals surface area contributed by atoms with Gasteiger partial charge in [0, 0.05) is 32.4 Å². The van der Waals surface area contributed by atoms with Crippen LogP contribution in [-0.2, 0) is 21.4 Å². The van der Waals surface area contributed by atoms with Crippen LogP contribution in [0.3, 0.4) is 0 Å². The third kappa shape index (κ3) is 6.38. The van der Waals surface area contributed by atoms with Gasteiger partial charge in [-0.05, 0) is 62.7 Å². The smallest absolute Gasteiger partial charge is 0.261 e. The summed E-state index contributed by atoms with van der Waals surface area (Å²) >= 11 is 0. The van der Waals surface area contributed by atoms with Gasteiger partial charge in [-0.25, -0.2) is 8.42 Å². The molecule has 0 radical (unpaired) electrons. The molecule has 0 aliphatic heterocycles. The zero-order valence-electron chi connectivity index (χ0n) is 18.3. The number of hydrogen-bond donors (Lipinski definition) is 1. The molecule has 0 fully saturated rings. The van der Waals surface area contributed by atoms with E-state index in [0.29, 0.717) is 18.0 Å². The number of rotatable bonds is 10. The van der Waals surface area contributed by atoms with Crippen LogP contribution in [0, 0.1) is 0 Å². The van der Waals surface area contributed by atoms with Crippen LogP contribution in [0.25, 0.3) is 0 Å². The highest BCUT2D eigenvalue weighted by Crippen LogP contribution is 2.21. The summed E-state index contributed by atoms with van der Waals surface area (Å²) < 4.78 is 30.0. The SMILES string of the molecule is CCN(CC)c1ccc(CNC(=O)[C@@H](C)Oc2ccc(N(C)S(C)(=O)=O)cc2)cc1. The van der Waals surface area contributed by atoms with E-state index in [1.54, 1.807) is 31.2 Å². The molecule has 0 aromatic heterocycles. The van der Waals surface area contributed by atoms with Gasteiger partial charge in [-0.3, -0.25) is 9.10 Å². The summed E-state index contributed by atoms with van der Waals surface area (Å²) in [5, 5.41) is 2.88. The molecule has 164 valence electrons. The Hall–Kier alpha value is -2.74. The third-order valence-corrected chi connectivity index (χ3v) is 6.12. The normalized spacial score (nSPS) is 12.2. The van der Waals surface area contributed by atoms with E-state index in [-0.39, 0.29) is 5.91 Å². The number of nitrogens with zero attached hydrogens (tertiary/aromatic N) is 2. The molecule has 1 amide bonds. The zero-order valence-corrected chi connectivity index (χ0v) is 19.1. The Labute approximate surface area is 179 Å². The van der Waals surface area contributed by atoms with Crippen molar-refractivity contribution in [3.63, 3.8) is 0 Å². The van der Waals surface area contributed by atoms with Crippen LogP contribution in [0.4, 0.5) is 11.4 Å². The van der Waals surface area contributed by atoms with Crippen LogP contribution < -0.4 is 19.3 Å². The lowest BCUT2D eigenvalue weighted by atomic mass is 10.2. The van der Waals surface area contributed by atoms with Crippen LogP contribution >= 0.6 is 0 Å². The fraction of sp³-hybridized carbons (Fsp3) is 0.409. The fourth-order valence-electron chi connectivity index (χ4n) is 2.93. The van der Waals surface area contributed by atoms with E-state index >= 15 is 0 Å². The first-order valence-corrected chi connectivity index (χ1v) is 11.8. The summed E-state index contributed by atoms with van der Waals surface area (Å²) in [7, 11) is -1.84. The summed E-state index contributed by atoms with van der Waals surface area (Å²) in [6.45, 7) is 8.24. The van der Waals surface area contributed by atoms with E-state index in [2.05, 4.69) is 36.2 Å². The highest BCUT2D eigenvalue weighted by Gasteiger charge is 2.16. The molecule has 8 heteroatoms. The molecule has 0 saturated carbocycles. The van der Waals surface area contributed by atoms with Crippen molar-refractivity contribution >= 4 is 27.3 Å². The molecule has 0 bridgehead atoms. The highest BCUT2D eigenvalue weighted by molar-refractivity contribution is 7.92. The van der Waals surface area contributed by atoms with Crippen molar-refractivity contribution in [3.05, 3.63) is 54.1 Å². The summed E-state index contributed by atoms with van der Waals surface area (Å²) in [5.41, 5.74) is 2.70. The Bertz CT molecular complexity index is 924. The molecular formula is C22H31N3O4S. The first kappa shape index (κ1) is 23.5. The van der Waals surface area contributed by atoms with Gasteiger partial charge in [0.1, 0.15) is 5.75 Å². The molecule has 1 atom stereocenters. The number of sulfonamides is 1. The number of anilines is 2. The Morgan fingerprint density at radius 2 is 1.53 bits per heavy atom. The van der Waals surface area contributed by atoms with Gasteiger partial charge in [0.15, 0.2) is 6.10 Å². The van der Waals surface area contributed by atoms with E-state index in [9.17, 15) is 13.2 Å². The molecular weight excluding hydrogens is 402 g/mol. The third-order valence-electron chi connectivity index (χ3n) is 4.91. The van der Waals surface area contributed by atoms with Gasteiger partial charge in [-0.1, -0.05) is 12.1 Å². The number of carbonyl (C=O) groups is 1. The largest absolute Gasteiger partial charge is 0.481 e. The first-order chi connectivity index (χ1) is 14.2. The van der Waals surface area contributed by atoms with Gasteiger partial charge >= 0.3 is 0 Å². The maximum Gasteiger partial charge on any atom is 0.261 e. The predicted molar refractivity (Wildman–Crippen MR) is 122 cm³/mol. The Morgan fingerprint density at radius 1 is 1.00 bits per heavy atom. The van der Waals surface area contributed by atoms with Crippen molar-refractivity contribution in [2.24, 2.45) is 0 Å². The average molecular weight is 434 g/mol. The van der Waals surface area contributed by atoms with Crippen LogP contribution in [0.5, 0.6) is 5.75 Å². The van der Waals surface area contributed by atoms with E-state index in [0.717, 1.165) is 30.6 Å². The maximum atomic E-state index is 12.4. The second-order valence-corrected chi connectivity index (χ2v) is 9.05. The summed E-state index contributed by atoms with van der Waals surface area (Å²) in [4.78, 5) is 14.6. The number of benzene rings is 2. The van der Waals surface area contributed by atoms with Crippen LogP contribution in [0.1, 0.15) is 26.3 Å². The second-order valence-electron chi connectivity index (χ2n) is 7.04. The lowest BCUT2D eigenvalue weighted by Gasteiger charge is -2.21. The highest BCUT2D eigenvalue weighted by atomic mass is 32.2. The second kappa shape index (κ2) is 10.3. The van der Waals surface area contributed by atoms with Crippen molar-refractivity contribution in [1.29, 1.82) is 0 Å². The van der Waals surface area contributed by atoms with E-state index in [1.165, 1.54) is 11.4 Å². The molecule has 0 spiro atoms.